The third-order valence-corrected chi connectivity index (χ3v) is 17.3. The van der Waals surface area contributed by atoms with Crippen LogP contribution in [-0.4, -0.2) is 355 Å². The van der Waals surface area contributed by atoms with Gasteiger partial charge < -0.3 is 94.0 Å². The molecule has 0 radical (unpaired) electrons. The number of primary amides is 1. The van der Waals surface area contributed by atoms with E-state index in [0.717, 1.165) is 30.9 Å². The van der Waals surface area contributed by atoms with E-state index in [9.17, 15) is 133 Å². The Hall–Kier alpha value is -11.0. The van der Waals surface area contributed by atoms with Crippen LogP contribution in [0, 0.1) is 11.8 Å². The van der Waals surface area contributed by atoms with Crippen LogP contribution in [0.25, 0.3) is 0 Å². The number of nitrogens with zero attached hydrogens (tertiary/aromatic N) is 7. The highest BCUT2D eigenvalue weighted by Crippen LogP contribution is 2.35. The van der Waals surface area contributed by atoms with Gasteiger partial charge in [-0.15, -0.1) is 0 Å². The number of carboxylic acid groups (broad SMARTS) is 10. The van der Waals surface area contributed by atoms with Crippen molar-refractivity contribution in [1.82, 2.24) is 66.2 Å². The summed E-state index contributed by atoms with van der Waals surface area (Å²) < 4.78 is 0. The van der Waals surface area contributed by atoms with Gasteiger partial charge >= 0.3 is 59.7 Å². The van der Waals surface area contributed by atoms with Crippen molar-refractivity contribution >= 4 is 107 Å². The van der Waals surface area contributed by atoms with Crippen molar-refractivity contribution in [2.24, 2.45) is 17.6 Å². The first kappa shape index (κ1) is 92.2. The van der Waals surface area contributed by atoms with Crippen molar-refractivity contribution in [2.75, 3.05) is 149 Å². The number of hydrogen-bond donors (Lipinski definition) is 18. The molecule has 2 aromatic rings. The second kappa shape index (κ2) is 47.6. The average molecular weight is 1550 g/mol. The van der Waals surface area contributed by atoms with E-state index in [1.54, 1.807) is 38.1 Å². The number of amides is 7. The molecule has 0 saturated carbocycles. The summed E-state index contributed by atoms with van der Waals surface area (Å²) in [6.45, 7) is -9.64. The number of nitrogens with two attached hydrogens (primary N) is 1. The molecule has 19 N–H and O–H groups in total. The summed E-state index contributed by atoms with van der Waals surface area (Å²) in [5.74, 6) is -21.8. The highest BCUT2D eigenvalue weighted by molar-refractivity contribution is 5.93. The third kappa shape index (κ3) is 36.9. The van der Waals surface area contributed by atoms with E-state index in [-0.39, 0.29) is 56.8 Å². The van der Waals surface area contributed by atoms with Crippen LogP contribution in [0.4, 0.5) is 5.69 Å². The number of para-hydroxylation sites is 1. The van der Waals surface area contributed by atoms with Gasteiger partial charge in [0.15, 0.2) is 0 Å². The number of nitrogens with one attached hydrogen (secondary N) is 7. The van der Waals surface area contributed by atoms with E-state index in [4.69, 9.17) is 5.73 Å². The number of carbonyl (C=O) groups is 17. The fourth-order valence-electron chi connectivity index (χ4n) is 11.7. The molecule has 1 heterocycles. The van der Waals surface area contributed by atoms with E-state index >= 15 is 0 Å². The number of fused-ring (bicyclic) bond motifs is 1. The van der Waals surface area contributed by atoms with Crippen LogP contribution in [0.15, 0.2) is 48.5 Å². The molecule has 3 rings (SSSR count). The molecule has 42 nitrogen and oxygen atoms in total. The Balaban J connectivity index is 1.94. The van der Waals surface area contributed by atoms with Crippen LogP contribution in [0.1, 0.15) is 69.1 Å². The minimum atomic E-state index is -1.83. The van der Waals surface area contributed by atoms with E-state index in [0.29, 0.717) is 40.3 Å². The number of aliphatic carboxylic acids is 10. The number of carbonyl (C=O) groups excluding carboxylic acids is 7. The molecule has 2 aromatic carbocycles. The zero-order chi connectivity index (χ0) is 81.6. The highest BCUT2D eigenvalue weighted by atomic mass is 16.4. The second-order valence-electron chi connectivity index (χ2n) is 26.1. The molecule has 0 bridgehead atoms. The van der Waals surface area contributed by atoms with Gasteiger partial charge in [-0.3, -0.25) is 116 Å². The lowest BCUT2D eigenvalue weighted by atomic mass is 9.90. The molecule has 0 aromatic heterocycles. The van der Waals surface area contributed by atoms with E-state index in [1.165, 1.54) is 4.90 Å². The predicted octanol–water partition coefficient (Wildman–Crippen LogP) is -5.63. The lowest BCUT2D eigenvalue weighted by Crippen LogP contribution is -2.57. The lowest BCUT2D eigenvalue weighted by Gasteiger charge is -2.33. The number of carboxylic acids is 10. The van der Waals surface area contributed by atoms with Crippen LogP contribution < -0.4 is 43.0 Å². The molecule has 604 valence electrons. The lowest BCUT2D eigenvalue weighted by molar-refractivity contribution is -0.147. The first-order valence-corrected chi connectivity index (χ1v) is 34.5. The normalized spacial score (nSPS) is 14.1. The quantitative estimate of drug-likeness (QED) is 0.0294. The molecule has 109 heavy (non-hydrogen) atoms. The van der Waals surface area contributed by atoms with Crippen LogP contribution >= 0.6 is 0 Å². The summed E-state index contributed by atoms with van der Waals surface area (Å²) in [7, 11) is 0. The summed E-state index contributed by atoms with van der Waals surface area (Å²) >= 11 is 0. The number of benzene rings is 2. The highest BCUT2D eigenvalue weighted by Gasteiger charge is 2.37. The van der Waals surface area contributed by atoms with Crippen LogP contribution in [-0.2, 0) is 94.6 Å². The first-order chi connectivity index (χ1) is 51.3. The maximum absolute atomic E-state index is 14.3. The molecule has 0 fully saturated rings. The monoisotopic (exact) mass is 1550 g/mol. The van der Waals surface area contributed by atoms with Crippen molar-refractivity contribution in [1.29, 1.82) is 0 Å². The van der Waals surface area contributed by atoms with Gasteiger partial charge in [-0.05, 0) is 41.5 Å². The molecule has 1 aliphatic rings. The fourth-order valence-corrected chi connectivity index (χ4v) is 11.7. The Morgan fingerprint density at radius 3 is 1.25 bits per heavy atom. The largest absolute Gasteiger partial charge is 0.480 e. The van der Waals surface area contributed by atoms with Crippen LogP contribution in [0.5, 0.6) is 0 Å². The van der Waals surface area contributed by atoms with Gasteiger partial charge in [-0.1, -0.05) is 69.7 Å². The van der Waals surface area contributed by atoms with E-state index in [1.807, 2.05) is 31.2 Å². The second-order valence-corrected chi connectivity index (χ2v) is 26.1. The predicted molar refractivity (Wildman–Crippen MR) is 379 cm³/mol. The smallest absolute Gasteiger partial charge is 0.317 e. The fraction of sp³-hybridized carbons (Fsp3) is 0.567. The van der Waals surface area contributed by atoms with Gasteiger partial charge in [0.1, 0.15) is 24.2 Å². The van der Waals surface area contributed by atoms with Crippen LogP contribution in [0.3, 0.4) is 0 Å². The van der Waals surface area contributed by atoms with Gasteiger partial charge in [0, 0.05) is 109 Å². The van der Waals surface area contributed by atoms with Crippen molar-refractivity contribution in [2.45, 2.75) is 89.6 Å². The Kier molecular flexibility index (Phi) is 40.2. The zero-order valence-corrected chi connectivity index (χ0v) is 60.6. The van der Waals surface area contributed by atoms with Crippen molar-refractivity contribution in [3.05, 3.63) is 65.2 Å². The topological polar surface area (TPSA) is 625 Å². The maximum Gasteiger partial charge on any atom is 0.317 e. The Morgan fingerprint density at radius 2 is 0.844 bits per heavy atom. The molecule has 42 heteroatoms. The van der Waals surface area contributed by atoms with Gasteiger partial charge in [-0.25, -0.2) is 0 Å². The maximum atomic E-state index is 14.3. The standard InChI is InChI=1S/C67H99N15O27/c1-4-40(2)62(75-63(105)41(3)23-44-26-71-46-8-6-5-7-45(44)46)67(109)74-47(13-14-50(68)83)64(106)73-25-43-11-9-42(10-12-43)24-72-51(84)29-76(17-15-69-65(107)48(81(36-58(97)98)37-59(99)100)27-77(30-52(85)86)19-21-79(32-54(89)90)33-55(91)92)18-16-70-66(108)49(82(38-60(101)102)39-61(103)104)28-78(31-53(87)88)20-22-80(34-56(93)94)35-57(95)96/h5-12,40-41,44,47-49,62,71H,4,13-39H2,1-3H3,(H2,68,83)(H,69,107)(H,70,108)(H,72,84)(H,73,106)(H,74,109)(H,75,105)(H,85,86)(H,87,88)(H,89,90)(H,91,92)(H,93,94)(H,95,96)(H,97,98)(H,99,100)(H,101,102)(H,103,104)/t40-,41?,44-,47?,48-,49-,62?/m1/s1. The summed E-state index contributed by atoms with van der Waals surface area (Å²) in [6, 6.07) is 8.14. The Labute approximate surface area is 625 Å². The molecule has 0 saturated heterocycles. The van der Waals surface area contributed by atoms with Crippen molar-refractivity contribution in [3.8, 4) is 0 Å². The number of rotatable bonds is 58. The minimum Gasteiger partial charge on any atom is -0.480 e. The van der Waals surface area contributed by atoms with Crippen LogP contribution in [0.2, 0.25) is 0 Å². The average Bonchev–Trinajstić information content (AvgIpc) is 1.71. The molecule has 7 atom stereocenters. The first-order valence-electron chi connectivity index (χ1n) is 34.5. The molecule has 0 spiro atoms. The van der Waals surface area contributed by atoms with Gasteiger partial charge in [0.25, 0.3) is 0 Å². The number of hydrogen-bond acceptors (Lipinski definition) is 25. The van der Waals surface area contributed by atoms with Crippen molar-refractivity contribution in [3.63, 3.8) is 0 Å². The van der Waals surface area contributed by atoms with Gasteiger partial charge in [0.2, 0.25) is 41.4 Å². The minimum absolute atomic E-state index is 0.0545. The number of anilines is 1. The summed E-state index contributed by atoms with van der Waals surface area (Å²) in [5.41, 5.74) is 8.52. The van der Waals surface area contributed by atoms with Gasteiger partial charge in [-0.2, -0.15) is 0 Å². The third-order valence-electron chi connectivity index (χ3n) is 17.3. The van der Waals surface area contributed by atoms with E-state index < -0.39 is 250 Å². The van der Waals surface area contributed by atoms with Gasteiger partial charge in [0.05, 0.1) is 72.0 Å². The summed E-state index contributed by atoms with van der Waals surface area (Å²) in [6.07, 6.45) is 0.491. The Morgan fingerprint density at radius 1 is 0.450 bits per heavy atom. The van der Waals surface area contributed by atoms with E-state index in [2.05, 4.69) is 37.2 Å². The zero-order valence-electron chi connectivity index (χ0n) is 60.6. The summed E-state index contributed by atoms with van der Waals surface area (Å²) in [5, 5.41) is 116. The summed E-state index contributed by atoms with van der Waals surface area (Å²) in [4.78, 5) is 221. The Bertz CT molecular complexity index is 3310. The van der Waals surface area contributed by atoms with Crippen molar-refractivity contribution < 1.29 is 133 Å². The molecule has 3 unspecified atom stereocenters. The SMILES string of the molecule is CC[C@@H](C)C(NC(=O)C(C)C[C@@H]1CNc2ccccc21)C(=O)NC(CCC(N)=O)C(=O)NCc1ccc(CNC(=O)CN(CCNC(=O)[C@@H](CN(CCN(CC(=O)O)CC(=O)O)CC(=O)O)N(CC(=O)O)CC(=O)O)CCNC(=O)[C@@H](CN(CCN(CC(=O)O)CC(=O)O)CC(=O)O)N(CC(=O)O)CC(=O)O)cc1. The molecular weight excluding hydrogens is 1450 g/mol. The molecule has 0 aliphatic carbocycles. The molecular formula is C67H99N15O27. The molecule has 1 aliphatic heterocycles. The molecule has 7 amide bonds.